The summed E-state index contributed by atoms with van der Waals surface area (Å²) in [4.78, 5) is 0. The van der Waals surface area contributed by atoms with Crippen LogP contribution in [0.4, 0.5) is 0 Å². The molecule has 66 valence electrons. The Kier molecular flexibility index (Phi) is 2.69. The van der Waals surface area contributed by atoms with Gasteiger partial charge in [-0.25, -0.2) is 0 Å². The molecule has 0 N–H and O–H groups in total. The summed E-state index contributed by atoms with van der Waals surface area (Å²) < 4.78 is 2.04. The molecule has 0 radical (unpaired) electrons. The van der Waals surface area contributed by atoms with Crippen LogP contribution < -0.4 is 10.6 Å². The van der Waals surface area contributed by atoms with Crippen LogP contribution in [-0.4, -0.2) is 9.78 Å². The van der Waals surface area contributed by atoms with Gasteiger partial charge in [0.1, 0.15) is 0 Å². The van der Waals surface area contributed by atoms with Gasteiger partial charge in [0.25, 0.3) is 0 Å². The zero-order valence-electron chi connectivity index (χ0n) is 8.20. The van der Waals surface area contributed by atoms with Gasteiger partial charge in [0.05, 0.1) is 11.5 Å². The van der Waals surface area contributed by atoms with Gasteiger partial charge < -0.3 is 0 Å². The van der Waals surface area contributed by atoms with E-state index in [-0.39, 0.29) is 0 Å². The number of aromatic nitrogens is 2. The minimum Gasteiger partial charge on any atom is -0.263 e. The summed E-state index contributed by atoms with van der Waals surface area (Å²) in [6.07, 6.45) is 6.10. The van der Waals surface area contributed by atoms with Crippen LogP contribution in [-0.2, 0) is 0 Å². The summed E-state index contributed by atoms with van der Waals surface area (Å²) in [5.74, 6) is 0. The van der Waals surface area contributed by atoms with Crippen LogP contribution in [0.3, 0.4) is 0 Å². The number of nitrogens with zero attached hydrogens (tertiary/aromatic N) is 2. The van der Waals surface area contributed by atoms with E-state index < -0.39 is 0 Å². The Morgan fingerprint density at radius 3 is 2.42 bits per heavy atom. The second-order valence-electron chi connectivity index (χ2n) is 3.10. The fourth-order valence-corrected chi connectivity index (χ4v) is 1.32. The lowest BCUT2D eigenvalue weighted by atomic mass is 10.3. The molecule has 0 saturated heterocycles. The molecule has 0 aliphatic carbocycles. The summed E-state index contributed by atoms with van der Waals surface area (Å²) in [6.45, 7) is 8.36. The summed E-state index contributed by atoms with van der Waals surface area (Å²) >= 11 is 0. The Morgan fingerprint density at radius 2 is 2.00 bits per heavy atom. The van der Waals surface area contributed by atoms with E-state index in [1.54, 1.807) is 0 Å². The fourth-order valence-electron chi connectivity index (χ4n) is 1.32. The quantitative estimate of drug-likeness (QED) is 0.607. The molecule has 2 nitrogen and oxygen atoms in total. The van der Waals surface area contributed by atoms with E-state index in [2.05, 4.69) is 31.1 Å². The van der Waals surface area contributed by atoms with E-state index in [9.17, 15) is 0 Å². The summed E-state index contributed by atoms with van der Waals surface area (Å²) in [6, 6.07) is 0.435. The lowest BCUT2D eigenvalue weighted by Gasteiger charge is -2.04. The molecule has 0 bridgehead atoms. The molecular weight excluding hydrogens is 148 g/mol. The molecule has 2 heteroatoms. The predicted octanol–water partition coefficient (Wildman–Crippen LogP) is 1.06. The van der Waals surface area contributed by atoms with Crippen molar-refractivity contribution in [2.75, 3.05) is 0 Å². The summed E-state index contributed by atoms with van der Waals surface area (Å²) in [5, 5.41) is 6.74. The van der Waals surface area contributed by atoms with E-state index in [4.69, 9.17) is 0 Å². The number of hydrogen-bond donors (Lipinski definition) is 0. The van der Waals surface area contributed by atoms with Crippen molar-refractivity contribution in [1.82, 2.24) is 9.78 Å². The molecule has 0 atom stereocenters. The predicted molar refractivity (Wildman–Crippen MR) is 52.1 cm³/mol. The highest BCUT2D eigenvalue weighted by atomic mass is 15.3. The van der Waals surface area contributed by atoms with Gasteiger partial charge >= 0.3 is 0 Å². The molecule has 0 unspecified atom stereocenters. The Bertz CT molecular complexity index is 358. The molecule has 1 aromatic rings. The SMILES string of the molecule is C/C=c1/cnn(C(C)C)/c1=C/C. The van der Waals surface area contributed by atoms with Gasteiger partial charge in [0.15, 0.2) is 0 Å². The molecule has 0 fully saturated rings. The normalized spacial score (nSPS) is 14.8. The zero-order chi connectivity index (χ0) is 9.14. The zero-order valence-corrected chi connectivity index (χ0v) is 8.20. The maximum absolute atomic E-state index is 4.31. The maximum Gasteiger partial charge on any atom is 0.0639 e. The first-order valence-corrected chi connectivity index (χ1v) is 4.37. The topological polar surface area (TPSA) is 17.8 Å². The third-order valence-electron chi connectivity index (χ3n) is 1.94. The average Bonchev–Trinajstić information content (AvgIpc) is 2.46. The third-order valence-corrected chi connectivity index (χ3v) is 1.94. The summed E-state index contributed by atoms with van der Waals surface area (Å²) in [7, 11) is 0. The number of rotatable bonds is 1. The molecule has 0 aromatic carbocycles. The highest BCUT2D eigenvalue weighted by Gasteiger charge is 1.99. The van der Waals surface area contributed by atoms with Crippen molar-refractivity contribution in [2.45, 2.75) is 33.7 Å². The molecule has 0 amide bonds. The Balaban J connectivity index is 3.46. The van der Waals surface area contributed by atoms with Crippen molar-refractivity contribution in [1.29, 1.82) is 0 Å². The van der Waals surface area contributed by atoms with E-state index in [0.29, 0.717) is 6.04 Å². The molecule has 1 rings (SSSR count). The maximum atomic E-state index is 4.31. The minimum atomic E-state index is 0.435. The second-order valence-corrected chi connectivity index (χ2v) is 3.10. The van der Waals surface area contributed by atoms with Gasteiger partial charge in [-0.1, -0.05) is 12.2 Å². The van der Waals surface area contributed by atoms with Crippen molar-refractivity contribution in [3.05, 3.63) is 16.8 Å². The molecule has 0 saturated carbocycles. The smallest absolute Gasteiger partial charge is 0.0639 e. The molecule has 0 aliphatic rings. The molecule has 12 heavy (non-hydrogen) atoms. The van der Waals surface area contributed by atoms with Crippen molar-refractivity contribution in [2.24, 2.45) is 0 Å². The summed E-state index contributed by atoms with van der Waals surface area (Å²) in [5.41, 5.74) is 0. The van der Waals surface area contributed by atoms with Gasteiger partial charge in [-0.05, 0) is 27.7 Å². The van der Waals surface area contributed by atoms with Crippen LogP contribution in [0, 0.1) is 0 Å². The lowest BCUT2D eigenvalue weighted by Crippen LogP contribution is -2.29. The van der Waals surface area contributed by atoms with Gasteiger partial charge in [-0.2, -0.15) is 5.10 Å². The Labute approximate surface area is 73.2 Å². The van der Waals surface area contributed by atoms with E-state index in [1.165, 1.54) is 10.6 Å². The van der Waals surface area contributed by atoms with Crippen LogP contribution in [0.2, 0.25) is 0 Å². The van der Waals surface area contributed by atoms with E-state index in [0.717, 1.165) is 0 Å². The molecule has 1 heterocycles. The van der Waals surface area contributed by atoms with Gasteiger partial charge in [0.2, 0.25) is 0 Å². The van der Waals surface area contributed by atoms with Gasteiger partial charge in [0, 0.05) is 11.3 Å². The highest BCUT2D eigenvalue weighted by Crippen LogP contribution is 1.93. The average molecular weight is 164 g/mol. The molecule has 0 spiro atoms. The van der Waals surface area contributed by atoms with Crippen LogP contribution >= 0.6 is 0 Å². The van der Waals surface area contributed by atoms with Crippen molar-refractivity contribution < 1.29 is 0 Å². The van der Waals surface area contributed by atoms with Crippen LogP contribution in [0.15, 0.2) is 6.20 Å². The third kappa shape index (κ3) is 1.42. The first kappa shape index (κ1) is 9.04. The first-order chi connectivity index (χ1) is 5.70. The van der Waals surface area contributed by atoms with Crippen LogP contribution in [0.5, 0.6) is 0 Å². The molecular formula is C10H16N2. The van der Waals surface area contributed by atoms with Crippen molar-refractivity contribution >= 4 is 12.2 Å². The minimum absolute atomic E-state index is 0.435. The lowest BCUT2D eigenvalue weighted by molar-refractivity contribution is 0.518. The van der Waals surface area contributed by atoms with Crippen molar-refractivity contribution in [3.8, 4) is 0 Å². The fraction of sp³-hybridized carbons (Fsp3) is 0.500. The Morgan fingerprint density at radius 1 is 1.33 bits per heavy atom. The van der Waals surface area contributed by atoms with Crippen LogP contribution in [0.25, 0.3) is 12.2 Å². The number of hydrogen-bond acceptors (Lipinski definition) is 1. The largest absolute Gasteiger partial charge is 0.263 e. The van der Waals surface area contributed by atoms with Crippen LogP contribution in [0.1, 0.15) is 33.7 Å². The van der Waals surface area contributed by atoms with E-state index >= 15 is 0 Å². The molecule has 1 aromatic heterocycles. The monoisotopic (exact) mass is 164 g/mol. The first-order valence-electron chi connectivity index (χ1n) is 4.37. The van der Waals surface area contributed by atoms with E-state index in [1.807, 2.05) is 24.7 Å². The standard InChI is InChI=1S/C10H16N2/c1-5-9-7-11-12(8(3)4)10(9)6-2/h5-8H,1-4H3/b9-5-,10-6+. The second kappa shape index (κ2) is 3.57. The Hall–Kier alpha value is -1.05. The molecule has 0 aliphatic heterocycles. The highest BCUT2D eigenvalue weighted by molar-refractivity contribution is 5.24. The van der Waals surface area contributed by atoms with Gasteiger partial charge in [-0.3, -0.25) is 4.68 Å². The van der Waals surface area contributed by atoms with Crippen molar-refractivity contribution in [3.63, 3.8) is 0 Å². The van der Waals surface area contributed by atoms with Gasteiger partial charge in [-0.15, -0.1) is 0 Å².